The molecule has 29 heavy (non-hydrogen) atoms. The average molecular weight is 400 g/mol. The predicted octanol–water partition coefficient (Wildman–Crippen LogP) is 0.525. The molecule has 7 heteroatoms. The minimum absolute atomic E-state index is 0.0779. The predicted molar refractivity (Wildman–Crippen MR) is 111 cm³/mol. The second-order valence-corrected chi connectivity index (χ2v) is 8.61. The topological polar surface area (TPSA) is 74.2 Å². The molecule has 4 rings (SSSR count). The van der Waals surface area contributed by atoms with Gasteiger partial charge < -0.3 is 15.1 Å². The average Bonchev–Trinajstić information content (AvgIpc) is 2.98. The minimum Gasteiger partial charge on any atom is -0.360 e. The summed E-state index contributed by atoms with van der Waals surface area (Å²) in [5.74, 6) is -0.626. The van der Waals surface area contributed by atoms with Gasteiger partial charge in [-0.1, -0.05) is 12.8 Å². The van der Waals surface area contributed by atoms with Gasteiger partial charge in [0.15, 0.2) is 0 Å². The van der Waals surface area contributed by atoms with Crippen molar-refractivity contribution in [3.63, 3.8) is 0 Å². The second-order valence-electron chi connectivity index (χ2n) is 8.61. The smallest absolute Gasteiger partial charge is 0.233 e. The zero-order chi connectivity index (χ0) is 20.4. The number of carbonyl (C=O) groups excluding carboxylic acids is 3. The van der Waals surface area contributed by atoms with Crippen molar-refractivity contribution >= 4 is 29.1 Å². The molecule has 156 valence electrons. The van der Waals surface area contributed by atoms with Crippen LogP contribution in [0, 0.1) is 11.8 Å². The van der Waals surface area contributed by atoms with E-state index in [1.54, 1.807) is 4.90 Å². The van der Waals surface area contributed by atoms with Gasteiger partial charge in [0.05, 0.1) is 45.1 Å². The summed E-state index contributed by atoms with van der Waals surface area (Å²) in [4.78, 5) is 42.6. The molecule has 2 heterocycles. The summed E-state index contributed by atoms with van der Waals surface area (Å²) in [5, 5.41) is 2.88. The maximum Gasteiger partial charge on any atom is 0.233 e. The number of likely N-dealkylation sites (tertiary alicyclic amines) is 1. The molecule has 2 atom stereocenters. The third-order valence-electron chi connectivity index (χ3n) is 6.63. The molecule has 1 aromatic rings. The molecule has 0 spiro atoms. The van der Waals surface area contributed by atoms with Crippen molar-refractivity contribution < 1.29 is 19.3 Å². The molecule has 0 bridgehead atoms. The van der Waals surface area contributed by atoms with E-state index < -0.39 is 0 Å². The Morgan fingerprint density at radius 1 is 1.03 bits per heavy atom. The summed E-state index contributed by atoms with van der Waals surface area (Å²) in [5.41, 5.74) is 1.91. The Bertz CT molecular complexity index is 747. The van der Waals surface area contributed by atoms with Crippen molar-refractivity contribution in [3.05, 3.63) is 24.3 Å². The number of hydrogen-bond donors (Lipinski definition) is 2. The highest BCUT2D eigenvalue weighted by molar-refractivity contribution is 6.05. The maximum absolute atomic E-state index is 12.5. The number of quaternary nitrogens is 1. The molecule has 1 aliphatic carbocycles. The first kappa shape index (κ1) is 19.9. The number of nitrogens with zero attached hydrogens (tertiary/aromatic N) is 2. The van der Waals surface area contributed by atoms with E-state index in [1.807, 2.05) is 24.3 Å². The molecule has 3 aliphatic rings. The number of imide groups is 1. The van der Waals surface area contributed by atoms with Crippen LogP contribution >= 0.6 is 0 Å². The molecule has 2 aliphatic heterocycles. The van der Waals surface area contributed by atoms with Crippen molar-refractivity contribution in [2.24, 2.45) is 11.8 Å². The van der Waals surface area contributed by atoms with E-state index in [0.29, 0.717) is 0 Å². The van der Waals surface area contributed by atoms with Crippen LogP contribution in [-0.2, 0) is 14.4 Å². The Morgan fingerprint density at radius 3 is 2.21 bits per heavy atom. The van der Waals surface area contributed by atoms with Gasteiger partial charge >= 0.3 is 0 Å². The highest BCUT2D eigenvalue weighted by Gasteiger charge is 2.47. The first-order valence-corrected chi connectivity index (χ1v) is 10.8. The molecule has 7 nitrogen and oxygen atoms in total. The van der Waals surface area contributed by atoms with Crippen LogP contribution in [0.4, 0.5) is 11.4 Å². The van der Waals surface area contributed by atoms with Gasteiger partial charge in [-0.25, -0.2) is 0 Å². The highest BCUT2D eigenvalue weighted by Crippen LogP contribution is 2.38. The van der Waals surface area contributed by atoms with E-state index in [0.717, 1.165) is 57.5 Å². The largest absolute Gasteiger partial charge is 0.360 e. The molecule has 3 amide bonds. The Hall–Kier alpha value is -2.41. The summed E-state index contributed by atoms with van der Waals surface area (Å²) in [6.45, 7) is 4.52. The fraction of sp³-hybridized carbons (Fsp3) is 0.591. The second kappa shape index (κ2) is 8.53. The van der Waals surface area contributed by atoms with E-state index in [1.165, 1.54) is 10.6 Å². The van der Waals surface area contributed by atoms with Gasteiger partial charge in [-0.3, -0.25) is 19.3 Å². The highest BCUT2D eigenvalue weighted by atomic mass is 16.2. The molecule has 3 fully saturated rings. The lowest BCUT2D eigenvalue weighted by Crippen LogP contribution is -3.12. The molecule has 0 aromatic heterocycles. The summed E-state index contributed by atoms with van der Waals surface area (Å²) < 4.78 is 0. The molecule has 2 N–H and O–H groups in total. The zero-order valence-electron chi connectivity index (χ0n) is 17.2. The van der Waals surface area contributed by atoms with Crippen LogP contribution in [0.3, 0.4) is 0 Å². The molecular formula is C22H31N4O3+. The van der Waals surface area contributed by atoms with E-state index in [4.69, 9.17) is 0 Å². The van der Waals surface area contributed by atoms with Gasteiger partial charge in [-0.15, -0.1) is 0 Å². The molecule has 1 saturated carbocycles. The monoisotopic (exact) mass is 399 g/mol. The number of piperazine rings is 1. The SMILES string of the molecule is C[NH+]1CCN(c2ccc(NC(=O)CCN3C(=O)[C@@H]4CCCC[C@H]4C3=O)cc2)CC1. The third-order valence-corrected chi connectivity index (χ3v) is 6.63. The molecule has 1 aromatic carbocycles. The van der Waals surface area contributed by atoms with Gasteiger partial charge in [0.1, 0.15) is 0 Å². The molecule has 2 saturated heterocycles. The van der Waals surface area contributed by atoms with Gasteiger partial charge in [-0.2, -0.15) is 0 Å². The quantitative estimate of drug-likeness (QED) is 0.709. The number of carbonyl (C=O) groups is 3. The first-order chi connectivity index (χ1) is 14.0. The van der Waals surface area contributed by atoms with Gasteiger partial charge in [0.25, 0.3) is 0 Å². The molecule has 0 unspecified atom stereocenters. The van der Waals surface area contributed by atoms with Crippen molar-refractivity contribution in [1.29, 1.82) is 0 Å². The van der Waals surface area contributed by atoms with Crippen LogP contribution in [-0.4, -0.2) is 62.4 Å². The molecular weight excluding hydrogens is 368 g/mol. The van der Waals surface area contributed by atoms with E-state index in [-0.39, 0.29) is 42.5 Å². The van der Waals surface area contributed by atoms with Crippen molar-refractivity contribution in [3.8, 4) is 0 Å². The fourth-order valence-electron chi connectivity index (χ4n) is 4.79. The van der Waals surface area contributed by atoms with E-state index in [9.17, 15) is 14.4 Å². The lowest BCUT2D eigenvalue weighted by Gasteiger charge is -2.31. The van der Waals surface area contributed by atoms with Crippen LogP contribution in [0.25, 0.3) is 0 Å². The van der Waals surface area contributed by atoms with Crippen LogP contribution in [0.5, 0.6) is 0 Å². The summed E-state index contributed by atoms with van der Waals surface area (Å²) in [7, 11) is 2.22. The number of likely N-dealkylation sites (N-methyl/N-ethyl adjacent to an activating group) is 1. The number of amides is 3. The zero-order valence-corrected chi connectivity index (χ0v) is 17.2. The fourth-order valence-corrected chi connectivity index (χ4v) is 4.79. The number of nitrogens with one attached hydrogen (secondary N) is 2. The third kappa shape index (κ3) is 4.29. The van der Waals surface area contributed by atoms with Gasteiger partial charge in [-0.05, 0) is 37.1 Å². The van der Waals surface area contributed by atoms with E-state index >= 15 is 0 Å². The number of anilines is 2. The van der Waals surface area contributed by atoms with Crippen LogP contribution in [0.2, 0.25) is 0 Å². The van der Waals surface area contributed by atoms with Crippen LogP contribution in [0.1, 0.15) is 32.1 Å². The number of fused-ring (bicyclic) bond motifs is 1. The standard InChI is InChI=1S/C22H30N4O3/c1-24-12-14-25(15-13-24)17-8-6-16(7-9-17)23-20(27)10-11-26-21(28)18-4-2-3-5-19(18)22(26)29/h6-9,18-19H,2-5,10-15H2,1H3,(H,23,27)/p+1/t18-,19-/m1/s1. The number of hydrogen-bond acceptors (Lipinski definition) is 4. The van der Waals surface area contributed by atoms with Crippen LogP contribution in [0.15, 0.2) is 24.3 Å². The van der Waals surface area contributed by atoms with Crippen molar-refractivity contribution in [1.82, 2.24) is 4.90 Å². The number of benzene rings is 1. The maximum atomic E-state index is 12.5. The van der Waals surface area contributed by atoms with Crippen molar-refractivity contribution in [2.45, 2.75) is 32.1 Å². The first-order valence-electron chi connectivity index (χ1n) is 10.8. The van der Waals surface area contributed by atoms with E-state index in [2.05, 4.69) is 17.3 Å². The Morgan fingerprint density at radius 2 is 1.62 bits per heavy atom. The van der Waals surface area contributed by atoms with Gasteiger partial charge in [0, 0.05) is 24.3 Å². The Kier molecular flexibility index (Phi) is 5.85. The summed E-state index contributed by atoms with van der Waals surface area (Å²) >= 11 is 0. The van der Waals surface area contributed by atoms with Crippen molar-refractivity contribution in [2.75, 3.05) is 50.0 Å². The van der Waals surface area contributed by atoms with Crippen LogP contribution < -0.4 is 15.1 Å². The normalized spacial score (nSPS) is 25.3. The summed E-state index contributed by atoms with van der Waals surface area (Å²) in [6, 6.07) is 7.90. The molecule has 0 radical (unpaired) electrons. The lowest BCUT2D eigenvalue weighted by molar-refractivity contribution is -0.880. The number of rotatable bonds is 5. The lowest BCUT2D eigenvalue weighted by atomic mass is 9.81. The van der Waals surface area contributed by atoms with Gasteiger partial charge in [0.2, 0.25) is 17.7 Å². The minimum atomic E-state index is -0.170. The Balaban J connectivity index is 1.27. The Labute approximate surface area is 172 Å². The summed E-state index contributed by atoms with van der Waals surface area (Å²) in [6.07, 6.45) is 3.78.